The maximum atomic E-state index is 11.5. The predicted octanol–water partition coefficient (Wildman–Crippen LogP) is 3.81. The number of para-hydroxylation sites is 2. The number of carbonyl (C=O) groups is 1. The number of rotatable bonds is 7. The third kappa shape index (κ3) is 4.15. The molecule has 0 amide bonds. The fourth-order valence-electron chi connectivity index (χ4n) is 2.04. The van der Waals surface area contributed by atoms with E-state index in [4.69, 9.17) is 21.1 Å². The van der Waals surface area contributed by atoms with Gasteiger partial charge in [0.25, 0.3) is 0 Å². The van der Waals surface area contributed by atoms with Crippen molar-refractivity contribution >= 4 is 17.6 Å². The molecule has 2 rings (SSSR count). The highest BCUT2D eigenvalue weighted by Gasteiger charge is 2.22. The molecule has 116 valence electrons. The summed E-state index contributed by atoms with van der Waals surface area (Å²) < 4.78 is 11.1. The molecule has 0 saturated carbocycles. The van der Waals surface area contributed by atoms with Crippen LogP contribution < -0.4 is 9.47 Å². The van der Waals surface area contributed by atoms with Gasteiger partial charge in [0.05, 0.1) is 11.6 Å². The average Bonchev–Trinajstić information content (AvgIpc) is 2.50. The van der Waals surface area contributed by atoms with Crippen LogP contribution in [0.15, 0.2) is 48.5 Å². The Morgan fingerprint density at radius 2 is 1.77 bits per heavy atom. The first kappa shape index (κ1) is 16.2. The number of aliphatic carboxylic acids is 1. The molecule has 0 unspecified atom stereocenters. The third-order valence-electron chi connectivity index (χ3n) is 3.06. The molecule has 0 heterocycles. The molecule has 0 bridgehead atoms. The monoisotopic (exact) mass is 320 g/mol. The number of benzene rings is 2. The predicted molar refractivity (Wildman–Crippen MR) is 84.8 cm³/mol. The highest BCUT2D eigenvalue weighted by Crippen LogP contribution is 2.26. The lowest BCUT2D eigenvalue weighted by Crippen LogP contribution is -2.29. The van der Waals surface area contributed by atoms with Gasteiger partial charge in [-0.2, -0.15) is 0 Å². The molecular formula is C17H17ClO4. The first-order valence-electron chi connectivity index (χ1n) is 6.96. The van der Waals surface area contributed by atoms with Gasteiger partial charge in [0.15, 0.2) is 6.10 Å². The van der Waals surface area contributed by atoms with Crippen molar-refractivity contribution in [1.29, 1.82) is 0 Å². The maximum Gasteiger partial charge on any atom is 0.345 e. The summed E-state index contributed by atoms with van der Waals surface area (Å²) >= 11 is 6.01. The second kappa shape index (κ2) is 7.71. The Morgan fingerprint density at radius 3 is 2.41 bits per heavy atom. The van der Waals surface area contributed by atoms with E-state index in [2.05, 4.69) is 0 Å². The summed E-state index contributed by atoms with van der Waals surface area (Å²) in [7, 11) is 0. The Kier molecular flexibility index (Phi) is 5.67. The van der Waals surface area contributed by atoms with E-state index in [1.807, 2.05) is 31.2 Å². The van der Waals surface area contributed by atoms with E-state index in [1.165, 1.54) is 0 Å². The lowest BCUT2D eigenvalue weighted by molar-refractivity contribution is -0.145. The van der Waals surface area contributed by atoms with Crippen molar-refractivity contribution in [2.45, 2.75) is 19.4 Å². The largest absolute Gasteiger partial charge is 0.494 e. The molecule has 5 heteroatoms. The van der Waals surface area contributed by atoms with Gasteiger partial charge >= 0.3 is 5.97 Å². The van der Waals surface area contributed by atoms with E-state index in [1.54, 1.807) is 24.3 Å². The van der Waals surface area contributed by atoms with Crippen LogP contribution in [0.4, 0.5) is 0 Å². The molecule has 0 saturated heterocycles. The van der Waals surface area contributed by atoms with Crippen LogP contribution in [0.5, 0.6) is 11.5 Å². The lowest BCUT2D eigenvalue weighted by atomic mass is 10.1. The fraction of sp³-hybridized carbons (Fsp3) is 0.235. The molecule has 0 fully saturated rings. The number of carboxylic acids is 1. The molecule has 0 spiro atoms. The van der Waals surface area contributed by atoms with E-state index < -0.39 is 12.1 Å². The highest BCUT2D eigenvalue weighted by molar-refractivity contribution is 6.32. The van der Waals surface area contributed by atoms with Crippen LogP contribution in [0.1, 0.15) is 12.5 Å². The van der Waals surface area contributed by atoms with E-state index >= 15 is 0 Å². The minimum absolute atomic E-state index is 0.191. The van der Waals surface area contributed by atoms with E-state index in [9.17, 15) is 9.90 Å². The van der Waals surface area contributed by atoms with Crippen LogP contribution in [0, 0.1) is 0 Å². The highest BCUT2D eigenvalue weighted by atomic mass is 35.5. The third-order valence-corrected chi connectivity index (χ3v) is 3.37. The number of ether oxygens (including phenoxy) is 2. The van der Waals surface area contributed by atoms with Crippen LogP contribution in [0.25, 0.3) is 0 Å². The molecule has 2 aromatic rings. The Labute approximate surface area is 134 Å². The molecule has 0 aromatic heterocycles. The van der Waals surface area contributed by atoms with E-state index in [0.29, 0.717) is 23.1 Å². The molecule has 0 aliphatic rings. The van der Waals surface area contributed by atoms with Gasteiger partial charge in [-0.05, 0) is 30.7 Å². The fourth-order valence-corrected chi connectivity index (χ4v) is 2.22. The van der Waals surface area contributed by atoms with Crippen LogP contribution in [-0.4, -0.2) is 23.8 Å². The van der Waals surface area contributed by atoms with Crippen molar-refractivity contribution < 1.29 is 19.4 Å². The van der Waals surface area contributed by atoms with Gasteiger partial charge in [0.1, 0.15) is 11.5 Å². The van der Waals surface area contributed by atoms with Crippen LogP contribution in [0.3, 0.4) is 0 Å². The average molecular weight is 321 g/mol. The topological polar surface area (TPSA) is 55.8 Å². The van der Waals surface area contributed by atoms with Crippen molar-refractivity contribution in [3.05, 3.63) is 59.1 Å². The summed E-state index contributed by atoms with van der Waals surface area (Å²) in [4.78, 5) is 11.5. The number of hydrogen-bond acceptors (Lipinski definition) is 3. The van der Waals surface area contributed by atoms with E-state index in [0.717, 1.165) is 5.56 Å². The number of hydrogen-bond donors (Lipinski definition) is 1. The molecule has 0 aliphatic carbocycles. The summed E-state index contributed by atoms with van der Waals surface area (Å²) in [5, 5.41) is 9.78. The smallest absolute Gasteiger partial charge is 0.345 e. The van der Waals surface area contributed by atoms with Crippen molar-refractivity contribution in [2.75, 3.05) is 6.61 Å². The second-order valence-corrected chi connectivity index (χ2v) is 5.03. The van der Waals surface area contributed by atoms with Gasteiger partial charge in [-0.25, -0.2) is 4.79 Å². The Morgan fingerprint density at radius 1 is 1.14 bits per heavy atom. The summed E-state index contributed by atoms with van der Waals surface area (Å²) in [6, 6.07) is 14.1. The zero-order valence-corrected chi connectivity index (χ0v) is 12.9. The van der Waals surface area contributed by atoms with Crippen molar-refractivity contribution in [2.24, 2.45) is 0 Å². The standard InChI is InChI=1S/C17H17ClO4/c1-2-21-14-9-5-3-7-12(14)11-16(17(19)20)22-15-10-6-4-8-13(15)18/h3-10,16H,2,11H2,1H3,(H,19,20)/t16-/m1/s1. The maximum absolute atomic E-state index is 11.5. The van der Waals surface area contributed by atoms with Gasteiger partial charge in [-0.15, -0.1) is 0 Å². The molecule has 1 N–H and O–H groups in total. The first-order chi connectivity index (χ1) is 10.6. The van der Waals surface area contributed by atoms with Gasteiger partial charge in [-0.1, -0.05) is 41.9 Å². The minimum Gasteiger partial charge on any atom is -0.494 e. The van der Waals surface area contributed by atoms with Crippen molar-refractivity contribution in [3.63, 3.8) is 0 Å². The summed E-state index contributed by atoms with van der Waals surface area (Å²) in [5.74, 6) is -0.0318. The Hall–Kier alpha value is -2.20. The van der Waals surface area contributed by atoms with Gasteiger partial charge in [-0.3, -0.25) is 0 Å². The van der Waals surface area contributed by atoms with Crippen LogP contribution in [0.2, 0.25) is 5.02 Å². The lowest BCUT2D eigenvalue weighted by Gasteiger charge is -2.17. The zero-order chi connectivity index (χ0) is 15.9. The number of carboxylic acid groups (broad SMARTS) is 1. The SMILES string of the molecule is CCOc1ccccc1C[C@@H](Oc1ccccc1Cl)C(=O)O. The molecule has 2 aromatic carbocycles. The molecule has 22 heavy (non-hydrogen) atoms. The first-order valence-corrected chi connectivity index (χ1v) is 7.34. The minimum atomic E-state index is -1.05. The molecule has 4 nitrogen and oxygen atoms in total. The molecular weight excluding hydrogens is 304 g/mol. The Bertz CT molecular complexity index is 642. The molecule has 0 aliphatic heterocycles. The zero-order valence-electron chi connectivity index (χ0n) is 12.2. The second-order valence-electron chi connectivity index (χ2n) is 4.62. The summed E-state index contributed by atoms with van der Waals surface area (Å²) in [6.45, 7) is 2.39. The van der Waals surface area contributed by atoms with Gasteiger partial charge < -0.3 is 14.6 Å². The van der Waals surface area contributed by atoms with Crippen molar-refractivity contribution in [1.82, 2.24) is 0 Å². The summed E-state index contributed by atoms with van der Waals surface area (Å²) in [6.07, 6.45) is -0.849. The quantitative estimate of drug-likeness (QED) is 0.842. The normalized spacial score (nSPS) is 11.7. The van der Waals surface area contributed by atoms with E-state index in [-0.39, 0.29) is 6.42 Å². The molecule has 1 atom stereocenters. The van der Waals surface area contributed by atoms with Gasteiger partial charge in [0, 0.05) is 6.42 Å². The van der Waals surface area contributed by atoms with Crippen LogP contribution in [-0.2, 0) is 11.2 Å². The molecule has 0 radical (unpaired) electrons. The summed E-state index contributed by atoms with van der Waals surface area (Å²) in [5.41, 5.74) is 0.781. The van der Waals surface area contributed by atoms with Crippen molar-refractivity contribution in [3.8, 4) is 11.5 Å². The Balaban J connectivity index is 2.20. The number of halogens is 1. The van der Waals surface area contributed by atoms with Gasteiger partial charge in [0.2, 0.25) is 0 Å². The van der Waals surface area contributed by atoms with Crippen LogP contribution >= 0.6 is 11.6 Å².